The molecule has 1 fully saturated rings. The van der Waals surface area contributed by atoms with Crippen LogP contribution in [0.4, 0.5) is 17.6 Å². The summed E-state index contributed by atoms with van der Waals surface area (Å²) in [7, 11) is 1.64. The zero-order chi connectivity index (χ0) is 38.5. The number of benzene rings is 2. The highest BCUT2D eigenvalue weighted by Gasteiger charge is 2.44. The minimum atomic E-state index is -4.85. The van der Waals surface area contributed by atoms with Crippen LogP contribution < -0.4 is 20.1 Å². The number of ether oxygens (including phenoxy) is 2. The van der Waals surface area contributed by atoms with Crippen LogP contribution in [0, 0.1) is 11.2 Å². The van der Waals surface area contributed by atoms with Crippen LogP contribution in [0.25, 0.3) is 5.65 Å². The quantitative estimate of drug-likeness (QED) is 0.180. The van der Waals surface area contributed by atoms with E-state index in [0.717, 1.165) is 17.7 Å². The SMILES string of the molecule is CN[C@@H](C)C(=O)N[C@H](C(=O)N1C[C@@H](Oc2ccc(OC(F)(F)F)cc2)C[C@H]1CN(CCc1ccc(F)cc1)C(=O)c1cn2ccccc2n1)C(C)(C)C. The van der Waals surface area contributed by atoms with Gasteiger partial charge in [0.2, 0.25) is 11.8 Å². The molecule has 1 saturated heterocycles. The number of carbonyl (C=O) groups is 3. The summed E-state index contributed by atoms with van der Waals surface area (Å²) >= 11 is 0. The number of pyridine rings is 1. The summed E-state index contributed by atoms with van der Waals surface area (Å²) in [5.41, 5.74) is 0.853. The molecule has 4 atom stereocenters. The second-order valence-electron chi connectivity index (χ2n) is 14.2. The van der Waals surface area contributed by atoms with Crippen LogP contribution >= 0.6 is 0 Å². The van der Waals surface area contributed by atoms with Crippen LogP contribution in [0.2, 0.25) is 0 Å². The van der Waals surface area contributed by atoms with Crippen LogP contribution in [-0.4, -0.2) is 94.2 Å². The molecule has 3 heterocycles. The fourth-order valence-corrected chi connectivity index (χ4v) is 6.17. The third kappa shape index (κ3) is 10.2. The first kappa shape index (κ1) is 39.0. The van der Waals surface area contributed by atoms with Gasteiger partial charge in [-0.15, -0.1) is 13.2 Å². The van der Waals surface area contributed by atoms with Gasteiger partial charge in [-0.25, -0.2) is 9.37 Å². The van der Waals surface area contributed by atoms with Crippen molar-refractivity contribution in [3.63, 3.8) is 0 Å². The highest BCUT2D eigenvalue weighted by Crippen LogP contribution is 2.31. The Bertz CT molecular complexity index is 1840. The van der Waals surface area contributed by atoms with Crippen LogP contribution in [0.15, 0.2) is 79.1 Å². The topological polar surface area (TPSA) is 118 Å². The van der Waals surface area contributed by atoms with Gasteiger partial charge in [0.1, 0.15) is 40.8 Å². The molecule has 53 heavy (non-hydrogen) atoms. The number of rotatable bonds is 13. The molecule has 1 aliphatic heterocycles. The predicted molar refractivity (Wildman–Crippen MR) is 189 cm³/mol. The van der Waals surface area contributed by atoms with Gasteiger partial charge in [-0.05, 0) is 79.9 Å². The Hall–Kier alpha value is -5.18. The summed E-state index contributed by atoms with van der Waals surface area (Å²) in [4.78, 5) is 49.5. The molecule has 0 spiro atoms. The van der Waals surface area contributed by atoms with Gasteiger partial charge < -0.3 is 34.3 Å². The van der Waals surface area contributed by atoms with Crippen molar-refractivity contribution in [2.24, 2.45) is 5.41 Å². The number of likely N-dealkylation sites (tertiary alicyclic amines) is 1. The van der Waals surface area contributed by atoms with Crippen molar-refractivity contribution in [2.75, 3.05) is 26.7 Å². The fourth-order valence-electron chi connectivity index (χ4n) is 6.17. The largest absolute Gasteiger partial charge is 0.573 e. The number of aromatic nitrogens is 2. The lowest BCUT2D eigenvalue weighted by atomic mass is 9.85. The molecular weight excluding hydrogens is 696 g/mol. The number of halogens is 4. The number of hydrogen-bond acceptors (Lipinski definition) is 7. The van der Waals surface area contributed by atoms with E-state index in [1.54, 1.807) is 58.8 Å². The summed E-state index contributed by atoms with van der Waals surface area (Å²) in [5.74, 6) is -1.66. The molecule has 2 N–H and O–H groups in total. The smallest absolute Gasteiger partial charge is 0.489 e. The lowest BCUT2D eigenvalue weighted by Gasteiger charge is -2.37. The number of alkyl halides is 3. The van der Waals surface area contributed by atoms with Crippen LogP contribution in [0.1, 0.15) is 50.2 Å². The van der Waals surface area contributed by atoms with E-state index in [1.807, 2.05) is 32.9 Å². The third-order valence-electron chi connectivity index (χ3n) is 9.13. The number of amides is 3. The van der Waals surface area contributed by atoms with Gasteiger partial charge in [-0.3, -0.25) is 14.4 Å². The van der Waals surface area contributed by atoms with E-state index in [2.05, 4.69) is 20.4 Å². The molecular formula is C38H44F4N6O5. The summed E-state index contributed by atoms with van der Waals surface area (Å²) in [5, 5.41) is 5.78. The molecule has 3 amide bonds. The monoisotopic (exact) mass is 740 g/mol. The number of hydrogen-bond donors (Lipinski definition) is 2. The van der Waals surface area contributed by atoms with Gasteiger partial charge in [0.05, 0.1) is 18.6 Å². The van der Waals surface area contributed by atoms with Crippen LogP contribution in [0.3, 0.4) is 0 Å². The molecule has 2 aromatic carbocycles. The van der Waals surface area contributed by atoms with E-state index >= 15 is 0 Å². The van der Waals surface area contributed by atoms with Crippen molar-refractivity contribution in [3.05, 3.63) is 96.2 Å². The minimum absolute atomic E-state index is 0.0651. The van der Waals surface area contributed by atoms with Crippen molar-refractivity contribution >= 4 is 23.4 Å². The Morgan fingerprint density at radius 3 is 2.30 bits per heavy atom. The van der Waals surface area contributed by atoms with Crippen molar-refractivity contribution < 1.29 is 41.4 Å². The molecule has 2 aromatic heterocycles. The number of carbonyl (C=O) groups excluding carboxylic acids is 3. The van der Waals surface area contributed by atoms with E-state index in [1.165, 1.54) is 24.3 Å². The van der Waals surface area contributed by atoms with Crippen molar-refractivity contribution in [2.45, 2.75) is 71.1 Å². The van der Waals surface area contributed by atoms with Gasteiger partial charge in [-0.2, -0.15) is 0 Å². The first-order chi connectivity index (χ1) is 25.0. The molecule has 0 aliphatic carbocycles. The van der Waals surface area contributed by atoms with E-state index in [4.69, 9.17) is 4.74 Å². The first-order valence-electron chi connectivity index (χ1n) is 17.3. The lowest BCUT2D eigenvalue weighted by molar-refractivity contribution is -0.274. The van der Waals surface area contributed by atoms with Crippen molar-refractivity contribution in [3.8, 4) is 11.5 Å². The fraction of sp³-hybridized carbons (Fsp3) is 0.421. The van der Waals surface area contributed by atoms with E-state index in [-0.39, 0.29) is 61.0 Å². The first-order valence-corrected chi connectivity index (χ1v) is 17.3. The Morgan fingerprint density at radius 1 is 1.00 bits per heavy atom. The summed E-state index contributed by atoms with van der Waals surface area (Å²) in [6, 6.07) is 14.2. The lowest BCUT2D eigenvalue weighted by Crippen LogP contribution is -2.59. The molecule has 1 aliphatic rings. The van der Waals surface area contributed by atoms with Crippen molar-refractivity contribution in [1.29, 1.82) is 0 Å². The Morgan fingerprint density at radius 2 is 1.68 bits per heavy atom. The Kier molecular flexibility index (Phi) is 12.0. The number of nitrogens with one attached hydrogen (secondary N) is 2. The van der Waals surface area contributed by atoms with Gasteiger partial charge in [0.15, 0.2) is 0 Å². The molecule has 0 radical (unpaired) electrons. The third-order valence-corrected chi connectivity index (χ3v) is 9.13. The van der Waals surface area contributed by atoms with Gasteiger partial charge >= 0.3 is 6.36 Å². The predicted octanol–water partition coefficient (Wildman–Crippen LogP) is 5.24. The van der Waals surface area contributed by atoms with Gasteiger partial charge in [0.25, 0.3) is 5.91 Å². The highest BCUT2D eigenvalue weighted by molar-refractivity contribution is 5.93. The zero-order valence-corrected chi connectivity index (χ0v) is 30.2. The number of likely N-dealkylation sites (N-methyl/N-ethyl adjacent to an activating group) is 1. The number of nitrogens with zero attached hydrogens (tertiary/aromatic N) is 4. The summed E-state index contributed by atoms with van der Waals surface area (Å²) in [6.45, 7) is 7.54. The molecule has 0 bridgehead atoms. The second kappa shape index (κ2) is 16.2. The average Bonchev–Trinajstić information content (AvgIpc) is 3.72. The maximum absolute atomic E-state index is 14.5. The number of fused-ring (bicyclic) bond motifs is 1. The van der Waals surface area contributed by atoms with Crippen LogP contribution in [-0.2, 0) is 16.0 Å². The normalized spacial score (nSPS) is 17.3. The maximum Gasteiger partial charge on any atom is 0.573 e. The molecule has 4 aromatic rings. The summed E-state index contributed by atoms with van der Waals surface area (Å²) < 4.78 is 63.8. The maximum atomic E-state index is 14.5. The molecule has 11 nitrogen and oxygen atoms in total. The Labute approximate surface area is 305 Å². The molecule has 0 saturated carbocycles. The van der Waals surface area contributed by atoms with E-state index in [9.17, 15) is 31.9 Å². The number of imidazole rings is 1. The average molecular weight is 741 g/mol. The highest BCUT2D eigenvalue weighted by atomic mass is 19.4. The van der Waals surface area contributed by atoms with Crippen molar-refractivity contribution in [1.82, 2.24) is 29.8 Å². The Balaban J connectivity index is 1.45. The molecule has 5 rings (SSSR count). The zero-order valence-electron chi connectivity index (χ0n) is 30.2. The second-order valence-corrected chi connectivity index (χ2v) is 14.2. The van der Waals surface area contributed by atoms with Crippen LogP contribution in [0.5, 0.6) is 11.5 Å². The van der Waals surface area contributed by atoms with Gasteiger partial charge in [-0.1, -0.05) is 39.0 Å². The molecule has 284 valence electrons. The minimum Gasteiger partial charge on any atom is -0.489 e. The van der Waals surface area contributed by atoms with Gasteiger partial charge in [0, 0.05) is 31.9 Å². The van der Waals surface area contributed by atoms with E-state index in [0.29, 0.717) is 12.1 Å². The van der Waals surface area contributed by atoms with E-state index < -0.39 is 41.8 Å². The standard InChI is InChI=1S/C38H44F4N6O5/c1-24(43-5)34(49)45-33(37(2,3)4)36(51)48-22-30(52-28-13-15-29(16-14-28)53-38(40,41)42)20-27(48)21-47(19-17-25-9-11-26(39)12-10-25)35(50)31-23-46-18-7-6-8-32(46)44-31/h6-16,18,23-24,27,30,33,43H,17,19-22H2,1-5H3,(H,45,49)/t24-,27-,30-,33+/m0/s1. The summed E-state index contributed by atoms with van der Waals surface area (Å²) in [6.07, 6.45) is -1.42. The molecule has 0 unspecified atom stereocenters. The molecule has 15 heteroatoms.